The van der Waals surface area contributed by atoms with Gasteiger partial charge in [0, 0.05) is 18.4 Å². The summed E-state index contributed by atoms with van der Waals surface area (Å²) in [7, 11) is 0. The van der Waals surface area contributed by atoms with E-state index in [2.05, 4.69) is 0 Å². The number of benzene rings is 1. The summed E-state index contributed by atoms with van der Waals surface area (Å²) in [5.41, 5.74) is 6.47. The van der Waals surface area contributed by atoms with Crippen molar-refractivity contribution < 1.29 is 14.7 Å². The van der Waals surface area contributed by atoms with Gasteiger partial charge in [0.2, 0.25) is 0 Å². The largest absolute Gasteiger partial charge is 0.478 e. The lowest BCUT2D eigenvalue weighted by atomic mass is 10.1. The fourth-order valence-corrected chi connectivity index (χ4v) is 1.74. The van der Waals surface area contributed by atoms with Crippen LogP contribution < -0.4 is 5.73 Å². The van der Waals surface area contributed by atoms with Gasteiger partial charge in [0.1, 0.15) is 0 Å². The van der Waals surface area contributed by atoms with E-state index in [1.165, 1.54) is 6.92 Å². The molecule has 1 aromatic rings. The Labute approximate surface area is 104 Å². The Morgan fingerprint density at radius 2 is 2.18 bits per heavy atom. The molecule has 0 aromatic heterocycles. The number of nitrogens with two attached hydrogens (primary N) is 1. The number of nitrogen functional groups attached to an aromatic ring is 1. The fourth-order valence-electron chi connectivity index (χ4n) is 1.32. The van der Waals surface area contributed by atoms with Crippen LogP contribution in [0.3, 0.4) is 0 Å². The monoisotopic (exact) mass is 251 g/mol. The molecule has 4 nitrogen and oxygen atoms in total. The van der Waals surface area contributed by atoms with Crippen LogP contribution in [0.1, 0.15) is 22.8 Å². The summed E-state index contributed by atoms with van der Waals surface area (Å²) in [5, 5.41) is 9.05. The smallest absolute Gasteiger partial charge is 0.338 e. The zero-order valence-electron chi connectivity index (χ0n) is 9.34. The Morgan fingerprint density at radius 1 is 1.47 bits per heavy atom. The van der Waals surface area contributed by atoms with Crippen LogP contribution in [-0.4, -0.2) is 21.9 Å². The molecule has 0 saturated carbocycles. The van der Waals surface area contributed by atoms with Gasteiger partial charge in [-0.1, -0.05) is 36.0 Å². The minimum absolute atomic E-state index is 0.0284. The molecule has 0 fully saturated rings. The maximum absolute atomic E-state index is 11.0. The molecule has 0 spiro atoms. The molecule has 3 N–H and O–H groups in total. The van der Waals surface area contributed by atoms with Crippen molar-refractivity contribution in [2.75, 3.05) is 11.5 Å². The molecule has 0 unspecified atom stereocenters. The SMILES string of the molecule is CC(=O)SCC=Cc1cccc(N)c1C(=O)O. The van der Waals surface area contributed by atoms with Crippen molar-refractivity contribution in [1.82, 2.24) is 0 Å². The van der Waals surface area contributed by atoms with Gasteiger partial charge in [-0.15, -0.1) is 0 Å². The highest BCUT2D eigenvalue weighted by Gasteiger charge is 2.11. The van der Waals surface area contributed by atoms with E-state index in [0.29, 0.717) is 11.3 Å². The molecule has 0 atom stereocenters. The summed E-state index contributed by atoms with van der Waals surface area (Å²) in [6.45, 7) is 1.49. The van der Waals surface area contributed by atoms with Crippen LogP contribution >= 0.6 is 11.8 Å². The highest BCUT2D eigenvalue weighted by Crippen LogP contribution is 2.18. The second kappa shape index (κ2) is 6.10. The number of hydrogen-bond donors (Lipinski definition) is 2. The zero-order chi connectivity index (χ0) is 12.8. The summed E-state index contributed by atoms with van der Waals surface area (Å²) in [4.78, 5) is 21.7. The molecular weight excluding hydrogens is 238 g/mol. The number of hydrogen-bond acceptors (Lipinski definition) is 4. The molecule has 0 saturated heterocycles. The van der Waals surface area contributed by atoms with Crippen molar-refractivity contribution in [2.45, 2.75) is 6.92 Å². The van der Waals surface area contributed by atoms with Crippen molar-refractivity contribution >= 4 is 34.6 Å². The quantitative estimate of drug-likeness (QED) is 0.802. The normalized spacial score (nSPS) is 10.6. The maximum Gasteiger partial charge on any atom is 0.338 e. The van der Waals surface area contributed by atoms with Crippen molar-refractivity contribution in [3.8, 4) is 0 Å². The van der Waals surface area contributed by atoms with Crippen molar-refractivity contribution in [1.29, 1.82) is 0 Å². The third-order valence-electron chi connectivity index (χ3n) is 2.02. The van der Waals surface area contributed by atoms with Gasteiger partial charge in [0.05, 0.1) is 5.56 Å². The molecule has 5 heteroatoms. The number of aromatic carboxylic acids is 1. The van der Waals surface area contributed by atoms with Crippen LogP contribution in [-0.2, 0) is 4.79 Å². The van der Waals surface area contributed by atoms with E-state index in [9.17, 15) is 9.59 Å². The fraction of sp³-hybridized carbons (Fsp3) is 0.167. The molecule has 0 heterocycles. The van der Waals surface area contributed by atoms with Crippen LogP contribution in [0.2, 0.25) is 0 Å². The predicted octanol–water partition coefficient (Wildman–Crippen LogP) is 2.26. The molecular formula is C12H13NO3S. The zero-order valence-corrected chi connectivity index (χ0v) is 10.2. The molecule has 0 aliphatic heterocycles. The number of carbonyl (C=O) groups is 2. The lowest BCUT2D eigenvalue weighted by Crippen LogP contribution is -2.04. The van der Waals surface area contributed by atoms with Crippen molar-refractivity contribution in [3.63, 3.8) is 0 Å². The molecule has 0 bridgehead atoms. The molecule has 0 amide bonds. The van der Waals surface area contributed by atoms with E-state index < -0.39 is 5.97 Å². The molecule has 0 radical (unpaired) electrons. The first-order valence-corrected chi connectivity index (χ1v) is 5.92. The van der Waals surface area contributed by atoms with Crippen LogP contribution in [0, 0.1) is 0 Å². The number of carboxylic acids is 1. The first-order chi connectivity index (χ1) is 8.02. The summed E-state index contributed by atoms with van der Waals surface area (Å²) >= 11 is 1.16. The van der Waals surface area contributed by atoms with Crippen LogP contribution in [0.5, 0.6) is 0 Å². The van der Waals surface area contributed by atoms with E-state index >= 15 is 0 Å². The third kappa shape index (κ3) is 3.96. The number of anilines is 1. The average molecular weight is 251 g/mol. The van der Waals surface area contributed by atoms with Gasteiger partial charge in [0.15, 0.2) is 5.12 Å². The van der Waals surface area contributed by atoms with E-state index in [1.54, 1.807) is 30.4 Å². The first kappa shape index (κ1) is 13.3. The molecule has 90 valence electrons. The molecule has 0 aliphatic rings. The summed E-state index contributed by atoms with van der Waals surface area (Å²) < 4.78 is 0. The first-order valence-electron chi connectivity index (χ1n) is 4.94. The Bertz CT molecular complexity index is 469. The van der Waals surface area contributed by atoms with Gasteiger partial charge < -0.3 is 10.8 Å². The molecule has 17 heavy (non-hydrogen) atoms. The van der Waals surface area contributed by atoms with E-state index in [1.807, 2.05) is 0 Å². The second-order valence-electron chi connectivity index (χ2n) is 3.32. The number of carboxylic acid groups (broad SMARTS) is 1. The van der Waals surface area contributed by atoms with Crippen molar-refractivity contribution in [3.05, 3.63) is 35.4 Å². The number of rotatable bonds is 4. The summed E-state index contributed by atoms with van der Waals surface area (Å²) in [6.07, 6.45) is 3.41. The number of carbonyl (C=O) groups excluding carboxylic acids is 1. The highest BCUT2D eigenvalue weighted by molar-refractivity contribution is 8.13. The molecule has 1 aromatic carbocycles. The minimum Gasteiger partial charge on any atom is -0.478 e. The topological polar surface area (TPSA) is 80.4 Å². The Morgan fingerprint density at radius 3 is 2.76 bits per heavy atom. The van der Waals surface area contributed by atoms with Crippen LogP contribution in [0.4, 0.5) is 5.69 Å². The standard InChI is InChI=1S/C12H13NO3S/c1-8(14)17-7-3-5-9-4-2-6-10(13)11(9)12(15)16/h2-6H,7,13H2,1H3,(H,15,16). The average Bonchev–Trinajstić information content (AvgIpc) is 2.23. The van der Waals surface area contributed by atoms with Gasteiger partial charge in [-0.05, 0) is 11.6 Å². The number of thioether (sulfide) groups is 1. The van der Waals surface area contributed by atoms with Crippen LogP contribution in [0.15, 0.2) is 24.3 Å². The summed E-state index contributed by atoms with van der Waals surface area (Å²) in [6, 6.07) is 4.92. The lowest BCUT2D eigenvalue weighted by molar-refractivity contribution is -0.109. The second-order valence-corrected chi connectivity index (χ2v) is 4.52. The van der Waals surface area contributed by atoms with E-state index in [-0.39, 0.29) is 16.4 Å². The molecule has 1 rings (SSSR count). The van der Waals surface area contributed by atoms with Gasteiger partial charge in [-0.3, -0.25) is 4.79 Å². The van der Waals surface area contributed by atoms with Gasteiger partial charge in [0.25, 0.3) is 0 Å². The highest BCUT2D eigenvalue weighted by atomic mass is 32.2. The Kier molecular flexibility index (Phi) is 4.78. The van der Waals surface area contributed by atoms with Gasteiger partial charge in [-0.25, -0.2) is 4.79 Å². The third-order valence-corrected chi connectivity index (χ3v) is 2.79. The maximum atomic E-state index is 11.0. The minimum atomic E-state index is -1.05. The van der Waals surface area contributed by atoms with E-state index in [4.69, 9.17) is 10.8 Å². The summed E-state index contributed by atoms with van der Waals surface area (Å²) in [5.74, 6) is -0.537. The van der Waals surface area contributed by atoms with Crippen molar-refractivity contribution in [2.24, 2.45) is 0 Å². The Balaban J connectivity index is 2.87. The van der Waals surface area contributed by atoms with E-state index in [0.717, 1.165) is 11.8 Å². The Hall–Kier alpha value is -1.75. The van der Waals surface area contributed by atoms with Gasteiger partial charge >= 0.3 is 5.97 Å². The van der Waals surface area contributed by atoms with Crippen LogP contribution in [0.25, 0.3) is 6.08 Å². The lowest BCUT2D eigenvalue weighted by Gasteiger charge is -2.04. The van der Waals surface area contributed by atoms with Gasteiger partial charge in [-0.2, -0.15) is 0 Å². The molecule has 0 aliphatic carbocycles. The predicted molar refractivity (Wildman–Crippen MR) is 70.0 cm³/mol.